The minimum atomic E-state index is -0.706. The Balaban J connectivity index is 1.61. The Labute approximate surface area is 119 Å². The molecule has 1 N–H and O–H groups in total. The zero-order valence-corrected chi connectivity index (χ0v) is 11.9. The van der Waals surface area contributed by atoms with Crippen LogP contribution >= 0.6 is 0 Å². The van der Waals surface area contributed by atoms with Crippen molar-refractivity contribution >= 4 is 5.97 Å². The van der Waals surface area contributed by atoms with Crippen molar-refractivity contribution in [2.75, 3.05) is 19.6 Å². The van der Waals surface area contributed by atoms with Crippen LogP contribution in [0.5, 0.6) is 0 Å². The Morgan fingerprint density at radius 3 is 3.00 bits per heavy atom. The molecule has 2 heterocycles. The lowest BCUT2D eigenvalue weighted by Gasteiger charge is -2.32. The molecule has 2 fully saturated rings. The summed E-state index contributed by atoms with van der Waals surface area (Å²) in [6.07, 6.45) is 9.27. The summed E-state index contributed by atoms with van der Waals surface area (Å²) in [6.45, 7) is 3.75. The largest absolute Gasteiger partial charge is 0.481 e. The second kappa shape index (κ2) is 5.95. The smallest absolute Gasteiger partial charge is 0.304 e. The third kappa shape index (κ3) is 3.39. The lowest BCUT2D eigenvalue weighted by Crippen LogP contribution is -2.36. The third-order valence-corrected chi connectivity index (χ3v) is 4.41. The number of hydrogen-bond donors (Lipinski definition) is 1. The first-order valence-corrected chi connectivity index (χ1v) is 7.67. The van der Waals surface area contributed by atoms with Gasteiger partial charge >= 0.3 is 5.97 Å². The van der Waals surface area contributed by atoms with Gasteiger partial charge in [0.25, 0.3) is 0 Å². The molecule has 0 unspecified atom stereocenters. The number of aliphatic carboxylic acids is 1. The summed E-state index contributed by atoms with van der Waals surface area (Å²) in [5.74, 6) is 1.82. The van der Waals surface area contributed by atoms with Gasteiger partial charge in [-0.2, -0.15) is 0 Å². The number of hydrogen-bond acceptors (Lipinski definition) is 3. The second-order valence-electron chi connectivity index (χ2n) is 6.16. The van der Waals surface area contributed by atoms with E-state index in [1.807, 2.05) is 6.20 Å². The van der Waals surface area contributed by atoms with Crippen molar-refractivity contribution in [3.8, 4) is 0 Å². The number of nitrogens with zero attached hydrogens (tertiary/aromatic N) is 3. The van der Waals surface area contributed by atoms with Crippen LogP contribution < -0.4 is 0 Å². The number of carboxylic acids is 1. The van der Waals surface area contributed by atoms with Crippen molar-refractivity contribution in [3.05, 3.63) is 18.2 Å². The second-order valence-corrected chi connectivity index (χ2v) is 6.16. The summed E-state index contributed by atoms with van der Waals surface area (Å²) in [7, 11) is 0. The van der Waals surface area contributed by atoms with E-state index < -0.39 is 5.97 Å². The van der Waals surface area contributed by atoms with E-state index in [1.54, 1.807) is 0 Å². The molecule has 5 heteroatoms. The molecule has 110 valence electrons. The monoisotopic (exact) mass is 277 g/mol. The molecule has 20 heavy (non-hydrogen) atoms. The highest BCUT2D eigenvalue weighted by Crippen LogP contribution is 2.33. The van der Waals surface area contributed by atoms with E-state index in [0.717, 1.165) is 32.0 Å². The first-order chi connectivity index (χ1) is 9.72. The Morgan fingerprint density at radius 1 is 1.40 bits per heavy atom. The SMILES string of the molecule is O=C(O)CCN1CCC[C@H](c2nccn2CC2CC2)C1. The van der Waals surface area contributed by atoms with Crippen LogP contribution in [0.4, 0.5) is 0 Å². The maximum absolute atomic E-state index is 10.7. The van der Waals surface area contributed by atoms with Crippen molar-refractivity contribution in [2.24, 2.45) is 5.92 Å². The number of likely N-dealkylation sites (tertiary alicyclic amines) is 1. The van der Waals surface area contributed by atoms with Gasteiger partial charge in [0.15, 0.2) is 0 Å². The summed E-state index contributed by atoms with van der Waals surface area (Å²) >= 11 is 0. The molecule has 5 nitrogen and oxygen atoms in total. The van der Waals surface area contributed by atoms with E-state index >= 15 is 0 Å². The van der Waals surface area contributed by atoms with Crippen molar-refractivity contribution < 1.29 is 9.90 Å². The van der Waals surface area contributed by atoms with Crippen molar-refractivity contribution in [2.45, 2.75) is 44.6 Å². The topological polar surface area (TPSA) is 58.4 Å². The number of rotatable bonds is 6. The fourth-order valence-corrected chi connectivity index (χ4v) is 3.14. The van der Waals surface area contributed by atoms with Crippen LogP contribution in [0.2, 0.25) is 0 Å². The zero-order valence-electron chi connectivity index (χ0n) is 11.9. The summed E-state index contributed by atoms with van der Waals surface area (Å²) in [5.41, 5.74) is 0. The van der Waals surface area contributed by atoms with E-state index in [4.69, 9.17) is 5.11 Å². The van der Waals surface area contributed by atoms with Gasteiger partial charge in [-0.15, -0.1) is 0 Å². The quantitative estimate of drug-likeness (QED) is 0.863. The van der Waals surface area contributed by atoms with E-state index in [2.05, 4.69) is 20.6 Å². The molecule has 1 aromatic rings. The molecule has 0 amide bonds. The fourth-order valence-electron chi connectivity index (χ4n) is 3.14. The highest BCUT2D eigenvalue weighted by atomic mass is 16.4. The molecule has 0 bridgehead atoms. The normalized spacial score (nSPS) is 23.9. The molecule has 1 aromatic heterocycles. The van der Waals surface area contributed by atoms with Crippen LogP contribution in [0.15, 0.2) is 12.4 Å². The lowest BCUT2D eigenvalue weighted by atomic mass is 9.97. The summed E-state index contributed by atoms with van der Waals surface area (Å²) in [6, 6.07) is 0. The van der Waals surface area contributed by atoms with Gasteiger partial charge in [-0.3, -0.25) is 4.79 Å². The molecule has 1 saturated carbocycles. The lowest BCUT2D eigenvalue weighted by molar-refractivity contribution is -0.137. The van der Waals surface area contributed by atoms with E-state index in [1.165, 1.54) is 25.1 Å². The first kappa shape index (κ1) is 13.6. The molecule has 1 aliphatic heterocycles. The summed E-state index contributed by atoms with van der Waals surface area (Å²) in [5, 5.41) is 8.80. The van der Waals surface area contributed by atoms with E-state index in [9.17, 15) is 4.79 Å². The standard InChI is InChI=1S/C15H23N3O2/c19-14(20)5-8-17-7-1-2-13(11-17)15-16-6-9-18(15)10-12-3-4-12/h6,9,12-13H,1-5,7-8,10-11H2,(H,19,20)/t13-/m0/s1. The molecule has 0 spiro atoms. The van der Waals surface area contributed by atoms with Gasteiger partial charge in [-0.05, 0) is 38.1 Å². The molecule has 0 aromatic carbocycles. The van der Waals surface area contributed by atoms with Crippen LogP contribution in [-0.4, -0.2) is 45.2 Å². The molecule has 1 aliphatic carbocycles. The molecular formula is C15H23N3O2. The minimum absolute atomic E-state index is 0.239. The highest BCUT2D eigenvalue weighted by molar-refractivity contribution is 5.66. The van der Waals surface area contributed by atoms with Gasteiger partial charge < -0.3 is 14.6 Å². The Morgan fingerprint density at radius 2 is 2.25 bits per heavy atom. The number of aromatic nitrogens is 2. The van der Waals surface area contributed by atoms with Crippen LogP contribution in [0.25, 0.3) is 0 Å². The molecule has 1 atom stereocenters. The predicted molar refractivity (Wildman–Crippen MR) is 75.6 cm³/mol. The van der Waals surface area contributed by atoms with E-state index in [0.29, 0.717) is 12.5 Å². The number of carbonyl (C=O) groups is 1. The van der Waals surface area contributed by atoms with Gasteiger partial charge in [-0.25, -0.2) is 4.98 Å². The zero-order chi connectivity index (χ0) is 13.9. The molecule has 1 saturated heterocycles. The van der Waals surface area contributed by atoms with Gasteiger partial charge in [0.1, 0.15) is 5.82 Å². The summed E-state index contributed by atoms with van der Waals surface area (Å²) in [4.78, 5) is 17.5. The number of carboxylic acid groups (broad SMARTS) is 1. The van der Waals surface area contributed by atoms with Crippen LogP contribution in [-0.2, 0) is 11.3 Å². The minimum Gasteiger partial charge on any atom is -0.481 e. The first-order valence-electron chi connectivity index (χ1n) is 7.67. The fraction of sp³-hybridized carbons (Fsp3) is 0.733. The molecule has 0 radical (unpaired) electrons. The van der Waals surface area contributed by atoms with Crippen LogP contribution in [0.1, 0.15) is 43.8 Å². The van der Waals surface area contributed by atoms with Gasteiger partial charge in [0, 0.05) is 37.9 Å². The maximum atomic E-state index is 10.7. The number of imidazole rings is 1. The number of piperidine rings is 1. The predicted octanol–water partition coefficient (Wildman–Crippen LogP) is 1.95. The van der Waals surface area contributed by atoms with Crippen molar-refractivity contribution in [1.29, 1.82) is 0 Å². The van der Waals surface area contributed by atoms with Gasteiger partial charge in [0.2, 0.25) is 0 Å². The van der Waals surface area contributed by atoms with E-state index in [-0.39, 0.29) is 6.42 Å². The summed E-state index contributed by atoms with van der Waals surface area (Å²) < 4.78 is 2.32. The molecule has 3 rings (SSSR count). The van der Waals surface area contributed by atoms with Gasteiger partial charge in [0.05, 0.1) is 6.42 Å². The highest BCUT2D eigenvalue weighted by Gasteiger charge is 2.27. The molecule has 2 aliphatic rings. The average molecular weight is 277 g/mol. The van der Waals surface area contributed by atoms with Crippen molar-refractivity contribution in [3.63, 3.8) is 0 Å². The maximum Gasteiger partial charge on any atom is 0.304 e. The third-order valence-electron chi connectivity index (χ3n) is 4.41. The Hall–Kier alpha value is -1.36. The van der Waals surface area contributed by atoms with Crippen molar-refractivity contribution in [1.82, 2.24) is 14.5 Å². The van der Waals surface area contributed by atoms with Crippen LogP contribution in [0.3, 0.4) is 0 Å². The molecular weight excluding hydrogens is 254 g/mol. The van der Waals surface area contributed by atoms with Gasteiger partial charge in [-0.1, -0.05) is 0 Å². The Bertz CT molecular complexity index is 467. The van der Waals surface area contributed by atoms with Crippen LogP contribution in [0, 0.1) is 5.92 Å². The Kier molecular flexibility index (Phi) is 4.05. The average Bonchev–Trinajstić information content (AvgIpc) is 3.13.